The van der Waals surface area contributed by atoms with Crippen molar-refractivity contribution >= 4 is 24.0 Å². The summed E-state index contributed by atoms with van der Waals surface area (Å²) >= 11 is 0. The average molecular weight is 359 g/mol. The van der Waals surface area contributed by atoms with Gasteiger partial charge in [0, 0.05) is 5.69 Å². The molecule has 3 nitrogen and oxygen atoms in total. The second kappa shape index (κ2) is 7.49. The Bertz CT molecular complexity index is 770. The van der Waals surface area contributed by atoms with Crippen LogP contribution in [0.4, 0.5) is 5.69 Å². The number of amides is 1. The zero-order valence-corrected chi connectivity index (χ0v) is 16.0. The van der Waals surface area contributed by atoms with Crippen molar-refractivity contribution in [3.05, 3.63) is 64.7 Å². The van der Waals surface area contributed by atoms with E-state index in [0.717, 1.165) is 36.1 Å². The first-order valence-corrected chi connectivity index (χ1v) is 8.65. The van der Waals surface area contributed by atoms with Gasteiger partial charge >= 0.3 is 0 Å². The number of hydrogen-bond acceptors (Lipinski definition) is 2. The number of rotatable bonds is 3. The number of carbonyl (C=O) groups excluding carboxylic acids is 1. The zero-order chi connectivity index (χ0) is 17.3. The van der Waals surface area contributed by atoms with Crippen LogP contribution in [0.5, 0.6) is 0 Å². The summed E-state index contributed by atoms with van der Waals surface area (Å²) in [5.41, 5.74) is 10.8. The van der Waals surface area contributed by atoms with E-state index in [9.17, 15) is 4.79 Å². The molecule has 3 N–H and O–H groups in total. The van der Waals surface area contributed by atoms with E-state index in [1.54, 1.807) is 0 Å². The molecule has 1 unspecified atom stereocenters. The number of hydrogen-bond donors (Lipinski definition) is 2. The minimum atomic E-state index is -0.559. The van der Waals surface area contributed by atoms with Crippen molar-refractivity contribution in [2.45, 2.75) is 51.5 Å². The molecular weight excluding hydrogens is 332 g/mol. The quantitative estimate of drug-likeness (QED) is 0.795. The van der Waals surface area contributed by atoms with E-state index in [1.165, 1.54) is 11.1 Å². The van der Waals surface area contributed by atoms with Gasteiger partial charge in [0.1, 0.15) is 0 Å². The molecule has 0 aromatic heterocycles. The molecule has 1 atom stereocenters. The van der Waals surface area contributed by atoms with Crippen molar-refractivity contribution < 1.29 is 4.79 Å². The van der Waals surface area contributed by atoms with Crippen LogP contribution >= 0.6 is 12.4 Å². The van der Waals surface area contributed by atoms with Gasteiger partial charge in [0.15, 0.2) is 0 Å². The smallest absolute Gasteiger partial charge is 0.230 e. The van der Waals surface area contributed by atoms with Gasteiger partial charge in [-0.25, -0.2) is 0 Å². The predicted octanol–water partition coefficient (Wildman–Crippen LogP) is 4.47. The van der Waals surface area contributed by atoms with Crippen LogP contribution < -0.4 is 11.1 Å². The van der Waals surface area contributed by atoms with E-state index < -0.39 is 5.41 Å². The van der Waals surface area contributed by atoms with Crippen LogP contribution in [0.15, 0.2) is 42.5 Å². The van der Waals surface area contributed by atoms with E-state index in [1.807, 2.05) is 44.2 Å². The fourth-order valence-corrected chi connectivity index (χ4v) is 3.72. The fourth-order valence-electron chi connectivity index (χ4n) is 3.72. The Morgan fingerprint density at radius 1 is 1.20 bits per heavy atom. The van der Waals surface area contributed by atoms with Crippen molar-refractivity contribution in [3.63, 3.8) is 0 Å². The number of nitrogen functional groups attached to an aromatic ring is 1. The molecule has 2 aromatic carbocycles. The number of nitrogens with two attached hydrogens (primary N) is 1. The molecule has 0 saturated carbocycles. The predicted molar refractivity (Wildman–Crippen MR) is 106 cm³/mol. The van der Waals surface area contributed by atoms with Crippen molar-refractivity contribution in [1.29, 1.82) is 0 Å². The van der Waals surface area contributed by atoms with Crippen LogP contribution in [0.3, 0.4) is 0 Å². The minimum Gasteiger partial charge on any atom is -0.399 e. The first-order chi connectivity index (χ1) is 11.4. The average Bonchev–Trinajstić information content (AvgIpc) is 2.55. The summed E-state index contributed by atoms with van der Waals surface area (Å²) < 4.78 is 0. The Morgan fingerprint density at radius 2 is 1.92 bits per heavy atom. The zero-order valence-electron chi connectivity index (χ0n) is 15.1. The number of nitrogens with one attached hydrogen (secondary N) is 1. The Labute approximate surface area is 156 Å². The van der Waals surface area contributed by atoms with Gasteiger partial charge < -0.3 is 11.1 Å². The lowest BCUT2D eigenvalue weighted by atomic mass is 9.80. The van der Waals surface area contributed by atoms with Crippen LogP contribution in [0, 0.1) is 6.92 Å². The summed E-state index contributed by atoms with van der Waals surface area (Å²) in [7, 11) is 0. The molecule has 1 amide bonds. The van der Waals surface area contributed by atoms with Crippen LogP contribution in [0.1, 0.15) is 55.0 Å². The fraction of sp³-hybridized carbons (Fsp3) is 0.381. The molecule has 0 fully saturated rings. The molecule has 3 rings (SSSR count). The molecule has 134 valence electrons. The lowest BCUT2D eigenvalue weighted by molar-refractivity contribution is -0.126. The highest BCUT2D eigenvalue weighted by molar-refractivity contribution is 5.88. The molecule has 0 aliphatic heterocycles. The molecule has 1 aliphatic carbocycles. The molecule has 4 heteroatoms. The topological polar surface area (TPSA) is 55.1 Å². The van der Waals surface area contributed by atoms with Crippen LogP contribution in [-0.2, 0) is 16.6 Å². The van der Waals surface area contributed by atoms with Gasteiger partial charge in [0.05, 0.1) is 11.5 Å². The molecule has 25 heavy (non-hydrogen) atoms. The SMILES string of the molecule is Cc1ccccc1C(C)(C)C(=O)NC1CCCc2cc(N)ccc21.Cl. The summed E-state index contributed by atoms with van der Waals surface area (Å²) in [5, 5.41) is 3.28. The normalized spacial score (nSPS) is 16.5. The highest BCUT2D eigenvalue weighted by Crippen LogP contribution is 2.33. The molecule has 0 radical (unpaired) electrons. The lowest BCUT2D eigenvalue weighted by Crippen LogP contribution is -2.43. The lowest BCUT2D eigenvalue weighted by Gasteiger charge is -2.32. The molecule has 1 aliphatic rings. The summed E-state index contributed by atoms with van der Waals surface area (Å²) in [6.45, 7) is 6.05. The third-order valence-electron chi connectivity index (χ3n) is 5.17. The number of aryl methyl sites for hydroxylation is 2. The molecular formula is C21H27ClN2O. The largest absolute Gasteiger partial charge is 0.399 e. The third kappa shape index (κ3) is 3.82. The summed E-state index contributed by atoms with van der Waals surface area (Å²) in [6.07, 6.45) is 3.09. The summed E-state index contributed by atoms with van der Waals surface area (Å²) in [6, 6.07) is 14.2. The number of anilines is 1. The van der Waals surface area contributed by atoms with Gasteiger partial charge in [-0.2, -0.15) is 0 Å². The van der Waals surface area contributed by atoms with Crippen molar-refractivity contribution in [2.75, 3.05) is 5.73 Å². The maximum Gasteiger partial charge on any atom is 0.230 e. The maximum absolute atomic E-state index is 13.0. The first-order valence-electron chi connectivity index (χ1n) is 8.65. The highest BCUT2D eigenvalue weighted by Gasteiger charge is 2.33. The second-order valence-electron chi connectivity index (χ2n) is 7.32. The van der Waals surface area contributed by atoms with Crippen LogP contribution in [0.25, 0.3) is 0 Å². The monoisotopic (exact) mass is 358 g/mol. The van der Waals surface area contributed by atoms with Gasteiger partial charge in [0.2, 0.25) is 5.91 Å². The number of fused-ring (bicyclic) bond motifs is 1. The maximum atomic E-state index is 13.0. The molecule has 0 saturated heterocycles. The van der Waals surface area contributed by atoms with Gasteiger partial charge in [0.25, 0.3) is 0 Å². The number of halogens is 1. The first kappa shape index (κ1) is 19.3. The number of carbonyl (C=O) groups is 1. The molecule has 0 heterocycles. The Balaban J connectivity index is 0.00000225. The standard InChI is InChI=1S/C21H26N2O.ClH/c1-14-7-4-5-9-18(14)21(2,3)20(24)23-19-10-6-8-15-13-16(22)11-12-17(15)19;/h4-5,7,9,11-13,19H,6,8,10,22H2,1-3H3,(H,23,24);1H. The van der Waals surface area contributed by atoms with E-state index in [-0.39, 0.29) is 24.4 Å². The minimum absolute atomic E-state index is 0. The van der Waals surface area contributed by atoms with Gasteiger partial charge in [-0.15, -0.1) is 12.4 Å². The Kier molecular flexibility index (Phi) is 5.79. The molecule has 0 bridgehead atoms. The summed E-state index contributed by atoms with van der Waals surface area (Å²) in [4.78, 5) is 13.0. The number of benzene rings is 2. The summed E-state index contributed by atoms with van der Waals surface area (Å²) in [5.74, 6) is 0.0754. The van der Waals surface area contributed by atoms with Crippen molar-refractivity contribution in [3.8, 4) is 0 Å². The van der Waals surface area contributed by atoms with E-state index in [0.29, 0.717) is 0 Å². The molecule has 2 aromatic rings. The van der Waals surface area contributed by atoms with E-state index in [4.69, 9.17) is 5.73 Å². The van der Waals surface area contributed by atoms with E-state index >= 15 is 0 Å². The second-order valence-corrected chi connectivity index (χ2v) is 7.32. The van der Waals surface area contributed by atoms with Gasteiger partial charge in [-0.1, -0.05) is 30.3 Å². The van der Waals surface area contributed by atoms with Crippen molar-refractivity contribution in [1.82, 2.24) is 5.32 Å². The van der Waals surface area contributed by atoms with Gasteiger partial charge in [-0.3, -0.25) is 4.79 Å². The van der Waals surface area contributed by atoms with Crippen LogP contribution in [-0.4, -0.2) is 5.91 Å². The molecule has 0 spiro atoms. The van der Waals surface area contributed by atoms with Crippen LogP contribution in [0.2, 0.25) is 0 Å². The van der Waals surface area contributed by atoms with Crippen molar-refractivity contribution in [2.24, 2.45) is 0 Å². The highest BCUT2D eigenvalue weighted by atomic mass is 35.5. The Morgan fingerprint density at radius 3 is 2.64 bits per heavy atom. The van der Waals surface area contributed by atoms with E-state index in [2.05, 4.69) is 24.4 Å². The Hall–Kier alpha value is -2.00. The van der Waals surface area contributed by atoms with Gasteiger partial charge in [-0.05, 0) is 74.4 Å². The third-order valence-corrected chi connectivity index (χ3v) is 5.17.